The molecule has 1 N–H and O–H groups in total. The average molecular weight is 351 g/mol. The van der Waals surface area contributed by atoms with Crippen LogP contribution in [0.1, 0.15) is 30.4 Å². The fraction of sp³-hybridized carbons (Fsp3) is 0.333. The van der Waals surface area contributed by atoms with Gasteiger partial charge in [0.15, 0.2) is 0 Å². The predicted molar refractivity (Wildman–Crippen MR) is 103 cm³/mol. The quantitative estimate of drug-likeness (QED) is 0.735. The number of likely N-dealkylation sites (tertiary alicyclic amines) is 1. The van der Waals surface area contributed by atoms with Crippen LogP contribution in [0.5, 0.6) is 0 Å². The molecule has 136 valence electrons. The van der Waals surface area contributed by atoms with Gasteiger partial charge < -0.3 is 14.6 Å². The number of piperidine rings is 1. The van der Waals surface area contributed by atoms with Crippen molar-refractivity contribution in [3.63, 3.8) is 0 Å². The first-order chi connectivity index (χ1) is 12.7. The largest absolute Gasteiger partial charge is 0.392 e. The molecule has 3 heterocycles. The molecule has 1 aliphatic rings. The molecule has 0 unspecified atom stereocenters. The highest BCUT2D eigenvalue weighted by molar-refractivity contribution is 5.78. The summed E-state index contributed by atoms with van der Waals surface area (Å²) in [5.74, 6) is 0. The fourth-order valence-electron chi connectivity index (χ4n) is 3.17. The maximum atomic E-state index is 10.1. The SMILES string of the molecule is Cc1cnc2c(ccn2-c2cccc(CO)c2)c1.O=CN1CCCCC1. The zero-order valence-electron chi connectivity index (χ0n) is 15.1. The van der Waals surface area contributed by atoms with E-state index >= 15 is 0 Å². The third-order valence-corrected chi connectivity index (χ3v) is 4.57. The number of benzene rings is 1. The molecule has 5 heteroatoms. The molecule has 0 saturated carbocycles. The van der Waals surface area contributed by atoms with Crippen LogP contribution in [0.25, 0.3) is 16.7 Å². The molecule has 4 rings (SSSR count). The maximum Gasteiger partial charge on any atom is 0.209 e. The van der Waals surface area contributed by atoms with Gasteiger partial charge in [-0.15, -0.1) is 0 Å². The zero-order valence-corrected chi connectivity index (χ0v) is 15.1. The number of aliphatic hydroxyl groups is 1. The number of carbonyl (C=O) groups excluding carboxylic acids is 1. The van der Waals surface area contributed by atoms with Crippen LogP contribution >= 0.6 is 0 Å². The second-order valence-corrected chi connectivity index (χ2v) is 6.64. The van der Waals surface area contributed by atoms with Crippen molar-refractivity contribution in [2.45, 2.75) is 32.8 Å². The predicted octanol–water partition coefficient (Wildman–Crippen LogP) is 3.45. The molecule has 1 aliphatic heterocycles. The Morgan fingerprint density at radius 2 is 1.96 bits per heavy atom. The zero-order chi connectivity index (χ0) is 18.4. The monoisotopic (exact) mass is 351 g/mol. The minimum absolute atomic E-state index is 0.0551. The van der Waals surface area contributed by atoms with E-state index in [2.05, 4.69) is 17.1 Å². The smallest absolute Gasteiger partial charge is 0.209 e. The minimum atomic E-state index is 0.0551. The Morgan fingerprint density at radius 3 is 2.65 bits per heavy atom. The summed E-state index contributed by atoms with van der Waals surface area (Å²) in [5, 5.41) is 10.3. The van der Waals surface area contributed by atoms with Crippen molar-refractivity contribution in [2.24, 2.45) is 0 Å². The van der Waals surface area contributed by atoms with Gasteiger partial charge >= 0.3 is 0 Å². The van der Waals surface area contributed by atoms with Crippen molar-refractivity contribution in [2.75, 3.05) is 13.1 Å². The van der Waals surface area contributed by atoms with Crippen LogP contribution in [0, 0.1) is 6.92 Å². The minimum Gasteiger partial charge on any atom is -0.392 e. The highest BCUT2D eigenvalue weighted by atomic mass is 16.3. The van der Waals surface area contributed by atoms with Crippen molar-refractivity contribution < 1.29 is 9.90 Å². The molecule has 26 heavy (non-hydrogen) atoms. The number of amides is 1. The Balaban J connectivity index is 0.000000206. The lowest BCUT2D eigenvalue weighted by Gasteiger charge is -2.21. The van der Waals surface area contributed by atoms with Gasteiger partial charge in [-0.2, -0.15) is 0 Å². The molecular formula is C21H25N3O2. The van der Waals surface area contributed by atoms with E-state index in [1.54, 1.807) is 0 Å². The lowest BCUT2D eigenvalue weighted by atomic mass is 10.1. The summed E-state index contributed by atoms with van der Waals surface area (Å²) in [6, 6.07) is 12.0. The van der Waals surface area contributed by atoms with Gasteiger partial charge in [0.25, 0.3) is 0 Å². The van der Waals surface area contributed by atoms with E-state index in [4.69, 9.17) is 0 Å². The van der Waals surface area contributed by atoms with E-state index in [-0.39, 0.29) is 6.61 Å². The Labute approximate surface area is 153 Å². The van der Waals surface area contributed by atoms with Crippen molar-refractivity contribution in [1.29, 1.82) is 0 Å². The molecule has 0 atom stereocenters. The Kier molecular flexibility index (Phi) is 6.02. The van der Waals surface area contributed by atoms with E-state index in [9.17, 15) is 9.90 Å². The Morgan fingerprint density at radius 1 is 1.15 bits per heavy atom. The number of fused-ring (bicyclic) bond motifs is 1. The number of rotatable bonds is 3. The molecule has 0 spiro atoms. The van der Waals surface area contributed by atoms with Crippen LogP contribution in [-0.4, -0.2) is 39.1 Å². The number of hydrogen-bond acceptors (Lipinski definition) is 3. The summed E-state index contributed by atoms with van der Waals surface area (Å²) in [6.07, 6.45) is 8.50. The molecular weight excluding hydrogens is 326 g/mol. The van der Waals surface area contributed by atoms with Crippen LogP contribution in [-0.2, 0) is 11.4 Å². The van der Waals surface area contributed by atoms with Crippen LogP contribution in [0.15, 0.2) is 48.8 Å². The summed E-state index contributed by atoms with van der Waals surface area (Å²) in [5.41, 5.74) is 4.02. The number of pyridine rings is 1. The molecule has 1 saturated heterocycles. The number of hydrogen-bond donors (Lipinski definition) is 1. The third kappa shape index (κ3) is 4.29. The molecule has 0 aliphatic carbocycles. The van der Waals surface area contributed by atoms with Gasteiger partial charge in [-0.05, 0) is 61.6 Å². The van der Waals surface area contributed by atoms with E-state index in [1.807, 2.05) is 53.0 Å². The molecule has 1 fully saturated rings. The summed E-state index contributed by atoms with van der Waals surface area (Å²) in [4.78, 5) is 16.4. The number of aliphatic hydroxyl groups excluding tert-OH is 1. The van der Waals surface area contributed by atoms with Crippen LogP contribution in [0.4, 0.5) is 0 Å². The molecule has 2 aromatic heterocycles. The van der Waals surface area contributed by atoms with E-state index in [0.29, 0.717) is 0 Å². The molecule has 1 amide bonds. The number of aromatic nitrogens is 2. The van der Waals surface area contributed by atoms with Crippen LogP contribution in [0.3, 0.4) is 0 Å². The number of nitrogens with zero attached hydrogens (tertiary/aromatic N) is 3. The normalized spacial score (nSPS) is 14.0. The molecule has 0 radical (unpaired) electrons. The highest BCUT2D eigenvalue weighted by Gasteiger charge is 2.06. The molecule has 0 bridgehead atoms. The topological polar surface area (TPSA) is 58.4 Å². The van der Waals surface area contributed by atoms with Gasteiger partial charge in [0, 0.05) is 36.6 Å². The van der Waals surface area contributed by atoms with E-state index in [0.717, 1.165) is 47.3 Å². The van der Waals surface area contributed by atoms with Crippen LogP contribution < -0.4 is 0 Å². The first-order valence-electron chi connectivity index (χ1n) is 9.04. The number of carbonyl (C=O) groups is 1. The highest BCUT2D eigenvalue weighted by Crippen LogP contribution is 2.20. The van der Waals surface area contributed by atoms with Crippen LogP contribution in [0.2, 0.25) is 0 Å². The Bertz CT molecular complexity index is 867. The standard InChI is InChI=1S/C15H14N2O.C6H11NO/c1-11-7-13-5-6-17(15(13)16-9-11)14-4-2-3-12(8-14)10-18;8-6-7-4-2-1-3-5-7/h2-9,18H,10H2,1H3;6H,1-5H2. The summed E-state index contributed by atoms with van der Waals surface area (Å²) in [7, 11) is 0. The summed E-state index contributed by atoms with van der Waals surface area (Å²) in [6.45, 7) is 4.04. The maximum absolute atomic E-state index is 10.1. The lowest BCUT2D eigenvalue weighted by Crippen LogP contribution is -2.27. The van der Waals surface area contributed by atoms with Gasteiger partial charge in [-0.25, -0.2) is 4.98 Å². The molecule has 1 aromatic carbocycles. The summed E-state index contributed by atoms with van der Waals surface area (Å²) < 4.78 is 2.04. The average Bonchev–Trinajstić information content (AvgIpc) is 3.12. The summed E-state index contributed by atoms with van der Waals surface area (Å²) >= 11 is 0. The van der Waals surface area contributed by atoms with Gasteiger partial charge in [0.05, 0.1) is 6.61 Å². The van der Waals surface area contributed by atoms with E-state index < -0.39 is 0 Å². The van der Waals surface area contributed by atoms with Gasteiger partial charge in [0.2, 0.25) is 6.41 Å². The molecule has 3 aromatic rings. The molecule has 5 nitrogen and oxygen atoms in total. The Hall–Kier alpha value is -2.66. The lowest BCUT2D eigenvalue weighted by molar-refractivity contribution is -0.118. The van der Waals surface area contributed by atoms with E-state index in [1.165, 1.54) is 19.3 Å². The number of aryl methyl sites for hydroxylation is 1. The second kappa shape index (κ2) is 8.63. The van der Waals surface area contributed by atoms with Gasteiger partial charge in [0.1, 0.15) is 5.65 Å². The fourth-order valence-corrected chi connectivity index (χ4v) is 3.17. The second-order valence-electron chi connectivity index (χ2n) is 6.64. The first-order valence-corrected chi connectivity index (χ1v) is 9.04. The third-order valence-electron chi connectivity index (χ3n) is 4.57. The van der Waals surface area contributed by atoms with Crippen molar-refractivity contribution >= 4 is 17.4 Å². The van der Waals surface area contributed by atoms with Crippen molar-refractivity contribution in [3.05, 3.63) is 59.9 Å². The van der Waals surface area contributed by atoms with Crippen molar-refractivity contribution in [1.82, 2.24) is 14.5 Å². The van der Waals surface area contributed by atoms with Crippen molar-refractivity contribution in [3.8, 4) is 5.69 Å². The van der Waals surface area contributed by atoms with Gasteiger partial charge in [-0.3, -0.25) is 4.79 Å². The van der Waals surface area contributed by atoms with Gasteiger partial charge in [-0.1, -0.05) is 12.1 Å². The first kappa shape index (κ1) is 18.1.